The van der Waals surface area contributed by atoms with E-state index in [9.17, 15) is 27.6 Å². The maximum Gasteiger partial charge on any atom is 0.418 e. The van der Waals surface area contributed by atoms with E-state index in [1.54, 1.807) is 60.7 Å². The summed E-state index contributed by atoms with van der Waals surface area (Å²) in [5.74, 6) is -1.75. The number of urea groups is 1. The van der Waals surface area contributed by atoms with Gasteiger partial charge in [0.05, 0.1) is 16.3 Å². The molecule has 1 aliphatic heterocycles. The van der Waals surface area contributed by atoms with Crippen LogP contribution in [0.25, 0.3) is 0 Å². The fourth-order valence-electron chi connectivity index (χ4n) is 3.86. The fourth-order valence-corrected chi connectivity index (χ4v) is 4.09. The molecule has 0 aliphatic carbocycles. The van der Waals surface area contributed by atoms with Crippen molar-refractivity contribution in [3.63, 3.8) is 0 Å². The molecule has 34 heavy (non-hydrogen) atoms. The number of hydrogen-bond acceptors (Lipinski definition) is 3. The molecule has 0 spiro atoms. The predicted molar refractivity (Wildman–Crippen MR) is 119 cm³/mol. The number of nitrogens with one attached hydrogen (secondary N) is 2. The number of carbonyl (C=O) groups excluding carboxylic acids is 3. The summed E-state index contributed by atoms with van der Waals surface area (Å²) in [4.78, 5) is 39.7. The summed E-state index contributed by atoms with van der Waals surface area (Å²) in [6.07, 6.45) is -4.77. The van der Waals surface area contributed by atoms with Gasteiger partial charge in [-0.05, 0) is 23.3 Å². The van der Waals surface area contributed by atoms with E-state index in [1.807, 2.05) is 0 Å². The van der Waals surface area contributed by atoms with Gasteiger partial charge in [0, 0.05) is 0 Å². The van der Waals surface area contributed by atoms with Crippen LogP contribution in [-0.2, 0) is 21.3 Å². The Kier molecular flexibility index (Phi) is 6.05. The van der Waals surface area contributed by atoms with E-state index in [2.05, 4.69) is 10.6 Å². The molecule has 10 heteroatoms. The number of benzene rings is 3. The molecule has 1 heterocycles. The van der Waals surface area contributed by atoms with E-state index in [-0.39, 0.29) is 5.02 Å². The van der Waals surface area contributed by atoms with Crippen molar-refractivity contribution in [2.75, 3.05) is 11.9 Å². The Morgan fingerprint density at radius 2 is 1.47 bits per heavy atom. The van der Waals surface area contributed by atoms with Crippen molar-refractivity contribution < 1.29 is 27.6 Å². The first kappa shape index (κ1) is 23.3. The van der Waals surface area contributed by atoms with Gasteiger partial charge in [-0.2, -0.15) is 13.2 Å². The predicted octanol–water partition coefficient (Wildman–Crippen LogP) is 4.79. The summed E-state index contributed by atoms with van der Waals surface area (Å²) < 4.78 is 40.0. The second kappa shape index (κ2) is 8.83. The summed E-state index contributed by atoms with van der Waals surface area (Å²) >= 11 is 5.88. The zero-order chi connectivity index (χ0) is 24.5. The highest BCUT2D eigenvalue weighted by Crippen LogP contribution is 2.39. The number of anilines is 1. The molecule has 1 fully saturated rings. The first-order chi connectivity index (χ1) is 16.1. The highest BCUT2D eigenvalue weighted by Gasteiger charge is 2.54. The SMILES string of the molecule is O=C(CN1C(=O)NC(c2ccccc2)(c2ccccc2)C1=O)Nc1c(Cl)cccc1C(F)(F)F. The van der Waals surface area contributed by atoms with Crippen molar-refractivity contribution in [2.24, 2.45) is 0 Å². The van der Waals surface area contributed by atoms with Crippen LogP contribution >= 0.6 is 11.6 Å². The van der Waals surface area contributed by atoms with Crippen LogP contribution in [0.1, 0.15) is 16.7 Å². The molecular weight excluding hydrogens is 471 g/mol. The number of carbonyl (C=O) groups is 3. The van der Waals surface area contributed by atoms with Crippen molar-refractivity contribution in [1.29, 1.82) is 0 Å². The van der Waals surface area contributed by atoms with E-state index in [0.29, 0.717) is 16.0 Å². The second-order valence-corrected chi connectivity index (χ2v) is 7.92. The number of hydrogen-bond donors (Lipinski definition) is 2. The number of amides is 4. The zero-order valence-corrected chi connectivity index (χ0v) is 18.2. The van der Waals surface area contributed by atoms with Gasteiger partial charge in [0.25, 0.3) is 5.91 Å². The van der Waals surface area contributed by atoms with E-state index >= 15 is 0 Å². The van der Waals surface area contributed by atoms with E-state index in [4.69, 9.17) is 11.6 Å². The number of para-hydroxylation sites is 1. The van der Waals surface area contributed by atoms with Gasteiger partial charge in [-0.15, -0.1) is 0 Å². The number of nitrogens with zero attached hydrogens (tertiary/aromatic N) is 1. The quantitative estimate of drug-likeness (QED) is 0.508. The molecule has 4 rings (SSSR count). The average molecular weight is 488 g/mol. The van der Waals surface area contributed by atoms with Crippen LogP contribution in [0.15, 0.2) is 78.9 Å². The van der Waals surface area contributed by atoms with Gasteiger partial charge in [-0.25, -0.2) is 4.79 Å². The third-order valence-electron chi connectivity index (χ3n) is 5.40. The van der Waals surface area contributed by atoms with Gasteiger partial charge in [0.15, 0.2) is 5.54 Å². The minimum Gasteiger partial charge on any atom is -0.323 e. The maximum absolute atomic E-state index is 13.6. The lowest BCUT2D eigenvalue weighted by Crippen LogP contribution is -2.45. The lowest BCUT2D eigenvalue weighted by molar-refractivity contribution is -0.137. The third kappa shape index (κ3) is 4.10. The van der Waals surface area contributed by atoms with Crippen LogP contribution in [0.2, 0.25) is 5.02 Å². The van der Waals surface area contributed by atoms with Crippen molar-refractivity contribution >= 4 is 35.1 Å². The Morgan fingerprint density at radius 3 is 2.00 bits per heavy atom. The Balaban J connectivity index is 1.66. The van der Waals surface area contributed by atoms with Crippen LogP contribution in [0.4, 0.5) is 23.7 Å². The molecule has 2 N–H and O–H groups in total. The maximum atomic E-state index is 13.6. The highest BCUT2D eigenvalue weighted by molar-refractivity contribution is 6.34. The molecule has 3 aromatic carbocycles. The highest BCUT2D eigenvalue weighted by atomic mass is 35.5. The summed E-state index contributed by atoms with van der Waals surface area (Å²) in [6, 6.07) is 19.1. The van der Waals surface area contributed by atoms with Gasteiger partial charge >= 0.3 is 12.2 Å². The van der Waals surface area contributed by atoms with Gasteiger partial charge in [0.1, 0.15) is 6.54 Å². The van der Waals surface area contributed by atoms with Crippen molar-refractivity contribution in [2.45, 2.75) is 11.7 Å². The molecule has 1 saturated heterocycles. The topological polar surface area (TPSA) is 78.5 Å². The summed E-state index contributed by atoms with van der Waals surface area (Å²) in [5.41, 5.74) is -2.46. The Bertz CT molecular complexity index is 1210. The van der Waals surface area contributed by atoms with Gasteiger partial charge in [-0.3, -0.25) is 14.5 Å². The number of rotatable bonds is 5. The fraction of sp³-hybridized carbons (Fsp3) is 0.125. The molecule has 4 amide bonds. The molecule has 0 bridgehead atoms. The van der Waals surface area contributed by atoms with E-state index in [1.165, 1.54) is 6.07 Å². The molecule has 0 radical (unpaired) electrons. The summed E-state index contributed by atoms with van der Waals surface area (Å²) in [6.45, 7) is -0.811. The van der Waals surface area contributed by atoms with Gasteiger partial charge in [-0.1, -0.05) is 78.3 Å². The molecule has 0 atom stereocenters. The number of alkyl halides is 3. The van der Waals surface area contributed by atoms with Crippen molar-refractivity contribution in [1.82, 2.24) is 10.2 Å². The molecule has 0 saturated carbocycles. The van der Waals surface area contributed by atoms with Crippen LogP contribution in [-0.4, -0.2) is 29.3 Å². The van der Waals surface area contributed by atoms with Crippen molar-refractivity contribution in [3.05, 3.63) is 101 Å². The van der Waals surface area contributed by atoms with E-state index < -0.39 is 47.4 Å². The zero-order valence-electron chi connectivity index (χ0n) is 17.4. The lowest BCUT2D eigenvalue weighted by atomic mass is 9.82. The summed E-state index contributed by atoms with van der Waals surface area (Å²) in [7, 11) is 0. The lowest BCUT2D eigenvalue weighted by Gasteiger charge is -2.28. The Labute approximate surface area is 197 Å². The smallest absolute Gasteiger partial charge is 0.323 e. The molecule has 0 unspecified atom stereocenters. The van der Waals surface area contributed by atoms with Crippen LogP contribution in [0.5, 0.6) is 0 Å². The van der Waals surface area contributed by atoms with Crippen LogP contribution < -0.4 is 10.6 Å². The summed E-state index contributed by atoms with van der Waals surface area (Å²) in [5, 5.41) is 4.43. The second-order valence-electron chi connectivity index (χ2n) is 7.51. The molecule has 0 aromatic heterocycles. The minimum atomic E-state index is -4.77. The molecule has 174 valence electrons. The average Bonchev–Trinajstić information content (AvgIpc) is 3.06. The first-order valence-corrected chi connectivity index (χ1v) is 10.4. The van der Waals surface area contributed by atoms with E-state index in [0.717, 1.165) is 12.1 Å². The Morgan fingerprint density at radius 1 is 0.912 bits per heavy atom. The van der Waals surface area contributed by atoms with Crippen molar-refractivity contribution in [3.8, 4) is 0 Å². The standard InChI is InChI=1S/C24H17ClF3N3O3/c25-18-13-7-12-17(24(26,27)28)20(18)29-19(32)14-31-21(33)23(30-22(31)34,15-8-3-1-4-9-15)16-10-5-2-6-11-16/h1-13H,14H2,(H,29,32)(H,30,34). The normalized spacial score (nSPS) is 15.2. The monoisotopic (exact) mass is 487 g/mol. The van der Waals surface area contributed by atoms with Gasteiger partial charge in [0.2, 0.25) is 5.91 Å². The first-order valence-electron chi connectivity index (χ1n) is 10.1. The minimum absolute atomic E-state index is 0.330. The third-order valence-corrected chi connectivity index (χ3v) is 5.72. The number of imide groups is 1. The van der Waals surface area contributed by atoms with Crippen LogP contribution in [0, 0.1) is 0 Å². The number of halogens is 4. The van der Waals surface area contributed by atoms with Crippen LogP contribution in [0.3, 0.4) is 0 Å². The Hall–Kier alpha value is -3.85. The molecule has 1 aliphatic rings. The molecule has 3 aromatic rings. The molecular formula is C24H17ClF3N3O3. The largest absolute Gasteiger partial charge is 0.418 e. The van der Waals surface area contributed by atoms with Gasteiger partial charge < -0.3 is 10.6 Å². The molecule has 6 nitrogen and oxygen atoms in total.